The lowest BCUT2D eigenvalue weighted by Gasteiger charge is -2.23. The summed E-state index contributed by atoms with van der Waals surface area (Å²) in [7, 11) is 0. The Hall–Kier alpha value is -3.36. The summed E-state index contributed by atoms with van der Waals surface area (Å²) in [5.41, 5.74) is 13.3. The van der Waals surface area contributed by atoms with Gasteiger partial charge in [0, 0.05) is 12.5 Å². The molecular weight excluding hydrogens is 401 g/mol. The molecule has 3 heterocycles. The van der Waals surface area contributed by atoms with Crippen LogP contribution in [0.1, 0.15) is 46.8 Å². The van der Waals surface area contributed by atoms with Crippen molar-refractivity contribution in [2.75, 3.05) is 18.9 Å². The molecule has 4 N–H and O–H groups in total. The second-order valence-electron chi connectivity index (χ2n) is 8.01. The van der Waals surface area contributed by atoms with Crippen LogP contribution in [0.5, 0.6) is 5.75 Å². The number of benzene rings is 1. The monoisotopic (exact) mass is 427 g/mol. The van der Waals surface area contributed by atoms with Gasteiger partial charge >= 0.3 is 0 Å². The maximum absolute atomic E-state index is 13.8. The second-order valence-corrected chi connectivity index (χ2v) is 8.01. The molecule has 4 rings (SSSR count). The molecule has 0 aliphatic carbocycles. The maximum atomic E-state index is 13.8. The number of hydrogen-bond donors (Lipinski definition) is 2. The van der Waals surface area contributed by atoms with Gasteiger partial charge in [0.15, 0.2) is 0 Å². The van der Waals surface area contributed by atoms with Crippen molar-refractivity contribution in [1.29, 1.82) is 0 Å². The summed E-state index contributed by atoms with van der Waals surface area (Å²) in [4.78, 5) is 26.1. The number of carbonyl (C=O) groups excluding carboxylic acids is 2. The van der Waals surface area contributed by atoms with E-state index in [2.05, 4.69) is 11.7 Å². The van der Waals surface area contributed by atoms with Crippen LogP contribution < -0.4 is 16.2 Å². The largest absolute Gasteiger partial charge is 0.493 e. The molecule has 8 nitrogen and oxygen atoms in total. The van der Waals surface area contributed by atoms with Crippen LogP contribution in [0, 0.1) is 5.82 Å². The molecule has 31 heavy (non-hydrogen) atoms. The van der Waals surface area contributed by atoms with Crippen LogP contribution in [0.15, 0.2) is 30.9 Å². The minimum atomic E-state index is -0.658. The molecule has 9 heteroatoms. The lowest BCUT2D eigenvalue weighted by molar-refractivity contribution is -0.127. The molecule has 2 aliphatic heterocycles. The summed E-state index contributed by atoms with van der Waals surface area (Å²) < 4.78 is 21.1. The van der Waals surface area contributed by atoms with Crippen LogP contribution in [0.4, 0.5) is 10.2 Å². The van der Waals surface area contributed by atoms with E-state index in [1.165, 1.54) is 18.2 Å². The van der Waals surface area contributed by atoms with E-state index in [1.54, 1.807) is 15.6 Å². The first-order valence-corrected chi connectivity index (χ1v) is 10.4. The number of anilines is 1. The average Bonchev–Trinajstić information content (AvgIpc) is 3.26. The number of carbonyl (C=O) groups is 2. The summed E-state index contributed by atoms with van der Waals surface area (Å²) >= 11 is 0. The molecule has 0 radical (unpaired) electrons. The van der Waals surface area contributed by atoms with Gasteiger partial charge in [0.25, 0.3) is 5.91 Å². The molecule has 2 amide bonds. The van der Waals surface area contributed by atoms with Gasteiger partial charge in [0.1, 0.15) is 22.9 Å². The van der Waals surface area contributed by atoms with E-state index >= 15 is 0 Å². The second kappa shape index (κ2) is 8.41. The Bertz CT molecular complexity index is 1030. The molecular formula is C22H26FN5O3. The van der Waals surface area contributed by atoms with Gasteiger partial charge in [-0.2, -0.15) is 5.10 Å². The number of nitrogens with two attached hydrogens (primary N) is 2. The molecule has 0 saturated carbocycles. The van der Waals surface area contributed by atoms with Crippen LogP contribution >= 0.6 is 0 Å². The molecule has 2 aliphatic rings. The van der Waals surface area contributed by atoms with E-state index < -0.39 is 5.91 Å². The van der Waals surface area contributed by atoms with Crippen LogP contribution in [0.2, 0.25) is 0 Å². The van der Waals surface area contributed by atoms with Crippen molar-refractivity contribution in [1.82, 2.24) is 14.7 Å². The van der Waals surface area contributed by atoms with Crippen molar-refractivity contribution >= 4 is 17.6 Å². The van der Waals surface area contributed by atoms with E-state index in [-0.39, 0.29) is 35.1 Å². The highest BCUT2D eigenvalue weighted by Crippen LogP contribution is 2.35. The minimum Gasteiger partial charge on any atom is -0.493 e. The fourth-order valence-electron chi connectivity index (χ4n) is 4.56. The number of fused-ring (bicyclic) bond motifs is 1. The summed E-state index contributed by atoms with van der Waals surface area (Å²) in [6.07, 6.45) is 4.02. The Morgan fingerprint density at radius 1 is 1.35 bits per heavy atom. The van der Waals surface area contributed by atoms with Gasteiger partial charge in [-0.05, 0) is 55.5 Å². The molecule has 2 unspecified atom stereocenters. The smallest absolute Gasteiger partial charge is 0.254 e. The predicted octanol–water partition coefficient (Wildman–Crippen LogP) is 1.99. The van der Waals surface area contributed by atoms with Gasteiger partial charge in [0.05, 0.1) is 24.9 Å². The van der Waals surface area contributed by atoms with Crippen LogP contribution in [-0.4, -0.2) is 45.7 Å². The van der Waals surface area contributed by atoms with Crippen molar-refractivity contribution in [3.05, 3.63) is 53.5 Å². The maximum Gasteiger partial charge on any atom is 0.254 e. The molecule has 0 bridgehead atoms. The topological polar surface area (TPSA) is 116 Å². The quantitative estimate of drug-likeness (QED) is 0.708. The number of rotatable bonds is 5. The van der Waals surface area contributed by atoms with Gasteiger partial charge in [-0.15, -0.1) is 0 Å². The van der Waals surface area contributed by atoms with Crippen molar-refractivity contribution in [3.63, 3.8) is 0 Å². The average molecular weight is 427 g/mol. The van der Waals surface area contributed by atoms with E-state index in [1.807, 2.05) is 0 Å². The summed E-state index contributed by atoms with van der Waals surface area (Å²) in [6, 6.07) is 4.32. The number of primary amides is 1. The highest BCUT2D eigenvalue weighted by molar-refractivity contribution is 5.98. The lowest BCUT2D eigenvalue weighted by atomic mass is 9.91. The highest BCUT2D eigenvalue weighted by Gasteiger charge is 2.32. The molecule has 164 valence electrons. The summed E-state index contributed by atoms with van der Waals surface area (Å²) in [5.74, 6) is -0.539. The molecule has 2 atom stereocenters. The van der Waals surface area contributed by atoms with Gasteiger partial charge in [-0.1, -0.05) is 6.58 Å². The van der Waals surface area contributed by atoms with Crippen molar-refractivity contribution in [2.24, 2.45) is 5.73 Å². The molecule has 1 saturated heterocycles. The number of aromatic nitrogens is 2. The third-order valence-corrected chi connectivity index (χ3v) is 6.08. The van der Waals surface area contributed by atoms with Crippen LogP contribution in [-0.2, 0) is 17.8 Å². The zero-order chi connectivity index (χ0) is 22.1. The predicted molar refractivity (Wildman–Crippen MR) is 113 cm³/mol. The Morgan fingerprint density at radius 3 is 2.90 bits per heavy atom. The van der Waals surface area contributed by atoms with Crippen molar-refractivity contribution < 1.29 is 18.7 Å². The zero-order valence-corrected chi connectivity index (χ0v) is 17.2. The molecule has 1 fully saturated rings. The van der Waals surface area contributed by atoms with E-state index in [9.17, 15) is 14.0 Å². The first-order chi connectivity index (χ1) is 14.9. The lowest BCUT2D eigenvalue weighted by Crippen LogP contribution is -2.37. The first kappa shape index (κ1) is 20.9. The number of ether oxygens (including phenoxy) is 1. The Morgan fingerprint density at radius 2 is 2.16 bits per heavy atom. The number of halogens is 1. The Labute approximate surface area is 179 Å². The number of hydrogen-bond acceptors (Lipinski definition) is 5. The van der Waals surface area contributed by atoms with Crippen LogP contribution in [0.3, 0.4) is 0 Å². The fourth-order valence-corrected chi connectivity index (χ4v) is 4.56. The van der Waals surface area contributed by atoms with Gasteiger partial charge in [-0.3, -0.25) is 9.59 Å². The zero-order valence-electron chi connectivity index (χ0n) is 17.2. The molecule has 0 spiro atoms. The Balaban J connectivity index is 1.66. The fraction of sp³-hybridized carbons (Fsp3) is 0.409. The number of amides is 2. The SMILES string of the molecule is C=CC(=O)N1CCCC1Cn1nc(C2CCOc3ccc(F)cc3C2)c(C(N)=O)c1N. The van der Waals surface area contributed by atoms with E-state index in [0.29, 0.717) is 49.5 Å². The van der Waals surface area contributed by atoms with Crippen molar-refractivity contribution in [2.45, 2.75) is 44.2 Å². The van der Waals surface area contributed by atoms with E-state index in [0.717, 1.165) is 12.8 Å². The molecule has 1 aromatic carbocycles. The standard InChI is InChI=1S/C22H26FN5O3/c1-2-18(29)27-8-3-4-16(27)12-28-21(24)19(22(25)30)20(26-28)13-7-9-31-17-6-5-15(23)11-14(17)10-13/h2,5-6,11,13,16H,1,3-4,7-10,12,24H2,(H2,25,30). The normalized spacial score (nSPS) is 20.6. The summed E-state index contributed by atoms with van der Waals surface area (Å²) in [6.45, 7) is 4.97. The van der Waals surface area contributed by atoms with Gasteiger partial charge in [-0.25, -0.2) is 9.07 Å². The summed E-state index contributed by atoms with van der Waals surface area (Å²) in [5, 5.41) is 4.65. The van der Waals surface area contributed by atoms with Crippen LogP contribution in [0.25, 0.3) is 0 Å². The number of nitrogens with zero attached hydrogens (tertiary/aromatic N) is 3. The van der Waals surface area contributed by atoms with Gasteiger partial charge < -0.3 is 21.1 Å². The third kappa shape index (κ3) is 3.99. The first-order valence-electron chi connectivity index (χ1n) is 10.4. The van der Waals surface area contributed by atoms with Crippen molar-refractivity contribution in [3.8, 4) is 5.75 Å². The number of nitrogen functional groups attached to an aromatic ring is 1. The molecule has 1 aromatic heterocycles. The minimum absolute atomic E-state index is 0.0893. The van der Waals surface area contributed by atoms with Gasteiger partial charge in [0.2, 0.25) is 5.91 Å². The Kier molecular flexibility index (Phi) is 5.67. The third-order valence-electron chi connectivity index (χ3n) is 6.08. The number of likely N-dealkylation sites (tertiary alicyclic amines) is 1. The molecule has 2 aromatic rings. The highest BCUT2D eigenvalue weighted by atomic mass is 19.1. The van der Waals surface area contributed by atoms with E-state index in [4.69, 9.17) is 16.2 Å².